The first-order valence-electron chi connectivity index (χ1n) is 12.0. The average molecular weight is 527 g/mol. The number of amides is 3. The van der Waals surface area contributed by atoms with Gasteiger partial charge in [0.15, 0.2) is 0 Å². The lowest BCUT2D eigenvalue weighted by molar-refractivity contribution is -0.138. The van der Waals surface area contributed by atoms with Gasteiger partial charge in [-0.05, 0) is 36.1 Å². The third kappa shape index (κ3) is 4.35. The lowest BCUT2D eigenvalue weighted by Crippen LogP contribution is -2.59. The van der Waals surface area contributed by atoms with E-state index >= 15 is 0 Å². The number of likely N-dealkylation sites (tertiary alicyclic amines) is 2. The van der Waals surface area contributed by atoms with E-state index in [2.05, 4.69) is 10.3 Å². The summed E-state index contributed by atoms with van der Waals surface area (Å²) in [5.41, 5.74) is 1.06. The lowest BCUT2D eigenvalue weighted by atomic mass is 9.85. The molecule has 1 unspecified atom stereocenters. The van der Waals surface area contributed by atoms with Crippen LogP contribution >= 0.6 is 23.2 Å². The van der Waals surface area contributed by atoms with Crippen molar-refractivity contribution in [2.75, 3.05) is 13.1 Å². The summed E-state index contributed by atoms with van der Waals surface area (Å²) in [5, 5.41) is 4.53. The minimum atomic E-state index is -0.724. The first kappa shape index (κ1) is 24.7. The van der Waals surface area contributed by atoms with Crippen molar-refractivity contribution in [3.05, 3.63) is 69.8 Å². The lowest BCUT2D eigenvalue weighted by Gasteiger charge is -2.39. The van der Waals surface area contributed by atoms with Crippen LogP contribution in [0.2, 0.25) is 10.0 Å². The zero-order chi connectivity index (χ0) is 25.8. The standard InChI is InChI=1S/C27H28Cl2N4O3/c1-27(2,3)23(31-24(34)21-11-15-7-4-5-10-20(15)30-21)26(36)33-14-16-12-17(33)13-32(16)25(35)22-18(28)8-6-9-19(22)29/h4-11,16-17,23,30H,12-14H2,1-3H3,(H,31,34)/t16-,17-,23?/m0/s1. The van der Waals surface area contributed by atoms with E-state index in [1.165, 1.54) is 0 Å². The molecule has 3 atom stereocenters. The third-order valence-electron chi connectivity index (χ3n) is 7.12. The van der Waals surface area contributed by atoms with Crippen LogP contribution in [0.1, 0.15) is 48.0 Å². The summed E-state index contributed by atoms with van der Waals surface area (Å²) in [6, 6.07) is 13.5. The number of carbonyl (C=O) groups excluding carboxylic acids is 3. The number of carbonyl (C=O) groups is 3. The van der Waals surface area contributed by atoms with Crippen molar-refractivity contribution in [1.29, 1.82) is 0 Å². The summed E-state index contributed by atoms with van der Waals surface area (Å²) in [6.45, 7) is 6.62. The molecule has 5 rings (SSSR count). The maximum absolute atomic E-state index is 13.7. The zero-order valence-corrected chi connectivity index (χ0v) is 21.9. The van der Waals surface area contributed by atoms with Gasteiger partial charge in [-0.2, -0.15) is 0 Å². The van der Waals surface area contributed by atoms with Crippen molar-refractivity contribution in [3.63, 3.8) is 0 Å². The Morgan fingerprint density at radius 2 is 1.61 bits per heavy atom. The Kier molecular flexibility index (Phi) is 6.25. The Labute approximate surface area is 219 Å². The van der Waals surface area contributed by atoms with Gasteiger partial charge < -0.3 is 20.1 Å². The van der Waals surface area contributed by atoms with Gasteiger partial charge in [-0.15, -0.1) is 0 Å². The number of halogens is 2. The SMILES string of the molecule is CC(C)(C)C(NC(=O)c1cc2ccccc2[nH]1)C(=O)N1C[C@@H]2C[C@H]1CN2C(=O)c1c(Cl)cccc1Cl. The number of hydrogen-bond acceptors (Lipinski definition) is 3. The molecule has 188 valence electrons. The number of fused-ring (bicyclic) bond motifs is 3. The summed E-state index contributed by atoms with van der Waals surface area (Å²) >= 11 is 12.5. The summed E-state index contributed by atoms with van der Waals surface area (Å²) in [6.07, 6.45) is 0.687. The van der Waals surface area contributed by atoms with Gasteiger partial charge in [0.25, 0.3) is 11.8 Å². The predicted octanol–water partition coefficient (Wildman–Crippen LogP) is 4.74. The number of piperazine rings is 1. The largest absolute Gasteiger partial charge is 0.351 e. The molecule has 7 nitrogen and oxygen atoms in total. The summed E-state index contributed by atoms with van der Waals surface area (Å²) in [5.74, 6) is -0.680. The molecule has 2 bridgehead atoms. The second kappa shape index (κ2) is 9.12. The molecule has 1 aromatic heterocycles. The molecular weight excluding hydrogens is 499 g/mol. The molecular formula is C27H28Cl2N4O3. The topological polar surface area (TPSA) is 85.5 Å². The van der Waals surface area contributed by atoms with Crippen molar-refractivity contribution < 1.29 is 14.4 Å². The molecule has 3 heterocycles. The second-order valence-electron chi connectivity index (χ2n) is 10.6. The average Bonchev–Trinajstić information content (AvgIpc) is 3.55. The van der Waals surface area contributed by atoms with Crippen LogP contribution in [0, 0.1) is 5.41 Å². The van der Waals surface area contributed by atoms with Gasteiger partial charge in [-0.1, -0.05) is 68.2 Å². The Balaban J connectivity index is 1.31. The van der Waals surface area contributed by atoms with Crippen LogP contribution in [-0.4, -0.2) is 63.7 Å². The fourth-order valence-electron chi connectivity index (χ4n) is 5.25. The Morgan fingerprint density at radius 3 is 2.22 bits per heavy atom. The van der Waals surface area contributed by atoms with Gasteiger partial charge in [0.1, 0.15) is 11.7 Å². The molecule has 2 N–H and O–H groups in total. The van der Waals surface area contributed by atoms with Gasteiger partial charge in [0.2, 0.25) is 5.91 Å². The number of aromatic nitrogens is 1. The molecule has 2 fully saturated rings. The van der Waals surface area contributed by atoms with Crippen molar-refractivity contribution >= 4 is 51.8 Å². The van der Waals surface area contributed by atoms with Crippen LogP contribution < -0.4 is 5.32 Å². The number of H-pyrrole nitrogens is 1. The number of rotatable bonds is 4. The molecule has 2 aromatic carbocycles. The van der Waals surface area contributed by atoms with Crippen LogP contribution in [0.5, 0.6) is 0 Å². The molecule has 0 saturated carbocycles. The van der Waals surface area contributed by atoms with Gasteiger partial charge in [0, 0.05) is 24.0 Å². The van der Waals surface area contributed by atoms with Crippen molar-refractivity contribution in [1.82, 2.24) is 20.1 Å². The maximum Gasteiger partial charge on any atom is 0.268 e. The number of para-hydroxylation sites is 1. The Morgan fingerprint density at radius 1 is 0.972 bits per heavy atom. The van der Waals surface area contributed by atoms with E-state index in [4.69, 9.17) is 23.2 Å². The predicted molar refractivity (Wildman–Crippen MR) is 140 cm³/mol. The van der Waals surface area contributed by atoms with E-state index in [0.29, 0.717) is 40.8 Å². The zero-order valence-electron chi connectivity index (χ0n) is 20.3. The highest BCUT2D eigenvalue weighted by Gasteiger charge is 2.50. The molecule has 0 spiro atoms. The highest BCUT2D eigenvalue weighted by Crippen LogP contribution is 2.36. The van der Waals surface area contributed by atoms with Gasteiger partial charge in [0.05, 0.1) is 27.7 Å². The van der Waals surface area contributed by atoms with Gasteiger partial charge >= 0.3 is 0 Å². The number of aromatic amines is 1. The molecule has 2 aliphatic heterocycles. The minimum Gasteiger partial charge on any atom is -0.351 e. The number of hydrogen-bond donors (Lipinski definition) is 2. The first-order chi connectivity index (χ1) is 17.0. The highest BCUT2D eigenvalue weighted by molar-refractivity contribution is 6.39. The first-order valence-corrected chi connectivity index (χ1v) is 12.7. The van der Waals surface area contributed by atoms with Crippen LogP contribution in [0.3, 0.4) is 0 Å². The third-order valence-corrected chi connectivity index (χ3v) is 7.75. The molecule has 36 heavy (non-hydrogen) atoms. The summed E-state index contributed by atoms with van der Waals surface area (Å²) in [7, 11) is 0. The smallest absolute Gasteiger partial charge is 0.268 e. The summed E-state index contributed by atoms with van der Waals surface area (Å²) < 4.78 is 0. The number of nitrogens with one attached hydrogen (secondary N) is 2. The van der Waals surface area contributed by atoms with E-state index in [1.54, 1.807) is 29.2 Å². The van der Waals surface area contributed by atoms with Crippen molar-refractivity contribution in [3.8, 4) is 0 Å². The molecule has 3 amide bonds. The van der Waals surface area contributed by atoms with Crippen molar-refractivity contribution in [2.24, 2.45) is 5.41 Å². The van der Waals surface area contributed by atoms with E-state index < -0.39 is 11.5 Å². The number of benzene rings is 2. The monoisotopic (exact) mass is 526 g/mol. The fraction of sp³-hybridized carbons (Fsp3) is 0.370. The highest BCUT2D eigenvalue weighted by atomic mass is 35.5. The molecule has 9 heteroatoms. The van der Waals surface area contributed by atoms with E-state index in [0.717, 1.165) is 10.9 Å². The normalized spacial score (nSPS) is 20.1. The van der Waals surface area contributed by atoms with Gasteiger partial charge in [-0.25, -0.2) is 0 Å². The number of nitrogens with zero attached hydrogens (tertiary/aromatic N) is 2. The molecule has 0 aliphatic carbocycles. The van der Waals surface area contributed by atoms with E-state index in [-0.39, 0.29) is 29.8 Å². The van der Waals surface area contributed by atoms with E-state index in [1.807, 2.05) is 49.9 Å². The van der Waals surface area contributed by atoms with Crippen LogP contribution in [0.25, 0.3) is 10.9 Å². The van der Waals surface area contributed by atoms with Crippen LogP contribution in [0.4, 0.5) is 0 Å². The second-order valence-corrected chi connectivity index (χ2v) is 11.4. The molecule has 2 saturated heterocycles. The maximum atomic E-state index is 13.7. The van der Waals surface area contributed by atoms with Crippen molar-refractivity contribution in [2.45, 2.75) is 45.3 Å². The fourth-order valence-corrected chi connectivity index (χ4v) is 5.81. The Bertz CT molecular complexity index is 1310. The molecule has 2 aliphatic rings. The van der Waals surface area contributed by atoms with E-state index in [9.17, 15) is 14.4 Å². The summed E-state index contributed by atoms with van der Waals surface area (Å²) in [4.78, 5) is 46.8. The quantitative estimate of drug-likeness (QED) is 0.514. The minimum absolute atomic E-state index is 0.121. The molecule has 3 aromatic rings. The molecule has 0 radical (unpaired) electrons. The van der Waals surface area contributed by atoms with Crippen LogP contribution in [0.15, 0.2) is 48.5 Å². The van der Waals surface area contributed by atoms with Crippen LogP contribution in [-0.2, 0) is 4.79 Å². The van der Waals surface area contributed by atoms with Gasteiger partial charge in [-0.3, -0.25) is 14.4 Å². The Hall–Kier alpha value is -3.03.